The van der Waals surface area contributed by atoms with E-state index in [2.05, 4.69) is 60.7 Å². The Morgan fingerprint density at radius 1 is 0.852 bits per heavy atom. The maximum Gasteiger partial charge on any atom is 0.115 e. The zero-order chi connectivity index (χ0) is 19.0. The van der Waals surface area contributed by atoms with Crippen LogP contribution < -0.4 is 0 Å². The molecule has 1 heterocycles. The standard InChI is InChI=1S/C21H17Br2NO2S/c22-13-1-7-20-18(9-13)19-10-14(23)2-8-21(19)24(20)11-16(26)12-27-17-5-3-15(25)4-6-17/h1-10,16,25-26H,11-12H2/t16-/m0/s1. The topological polar surface area (TPSA) is 45.4 Å². The number of phenols is 1. The summed E-state index contributed by atoms with van der Waals surface area (Å²) in [4.78, 5) is 1.03. The van der Waals surface area contributed by atoms with Crippen LogP contribution >= 0.6 is 43.6 Å². The SMILES string of the molecule is Oc1ccc(SC[C@@H](O)Cn2c3ccc(Br)cc3c3cc(Br)ccc32)cc1. The summed E-state index contributed by atoms with van der Waals surface area (Å²) in [6.07, 6.45) is -0.491. The van der Waals surface area contributed by atoms with E-state index in [0.717, 1.165) is 24.9 Å². The molecule has 0 amide bonds. The first kappa shape index (κ1) is 18.9. The van der Waals surface area contributed by atoms with Gasteiger partial charge in [-0.1, -0.05) is 31.9 Å². The number of fused-ring (bicyclic) bond motifs is 3. The third-order valence-electron chi connectivity index (χ3n) is 4.46. The molecule has 6 heteroatoms. The van der Waals surface area contributed by atoms with E-state index < -0.39 is 6.10 Å². The third kappa shape index (κ3) is 4.04. The van der Waals surface area contributed by atoms with Crippen molar-refractivity contribution in [3.8, 4) is 5.75 Å². The van der Waals surface area contributed by atoms with Crippen LogP contribution in [-0.4, -0.2) is 26.6 Å². The second-order valence-corrected chi connectivity index (χ2v) is 9.32. The van der Waals surface area contributed by atoms with E-state index in [1.807, 2.05) is 24.3 Å². The molecule has 0 unspecified atom stereocenters. The minimum atomic E-state index is -0.491. The van der Waals surface area contributed by atoms with Crippen molar-refractivity contribution in [2.24, 2.45) is 0 Å². The fourth-order valence-corrected chi connectivity index (χ4v) is 4.78. The number of halogens is 2. The van der Waals surface area contributed by atoms with E-state index in [1.165, 1.54) is 10.8 Å². The van der Waals surface area contributed by atoms with Gasteiger partial charge in [-0.05, 0) is 60.7 Å². The summed E-state index contributed by atoms with van der Waals surface area (Å²) in [6, 6.07) is 19.5. The van der Waals surface area contributed by atoms with Crippen molar-refractivity contribution in [2.45, 2.75) is 17.5 Å². The van der Waals surface area contributed by atoms with Crippen LogP contribution in [0.2, 0.25) is 0 Å². The van der Waals surface area contributed by atoms with E-state index in [0.29, 0.717) is 12.3 Å². The molecule has 0 saturated carbocycles. The van der Waals surface area contributed by atoms with Crippen molar-refractivity contribution in [3.63, 3.8) is 0 Å². The van der Waals surface area contributed by atoms with Crippen LogP contribution in [0.1, 0.15) is 0 Å². The van der Waals surface area contributed by atoms with Gasteiger partial charge >= 0.3 is 0 Å². The van der Waals surface area contributed by atoms with Gasteiger partial charge in [0.2, 0.25) is 0 Å². The molecule has 1 aromatic heterocycles. The Balaban J connectivity index is 1.63. The lowest BCUT2D eigenvalue weighted by atomic mass is 10.2. The Hall–Kier alpha value is -1.47. The van der Waals surface area contributed by atoms with Gasteiger partial charge in [0.15, 0.2) is 0 Å². The predicted octanol–water partition coefficient (Wildman–Crippen LogP) is 6.18. The lowest BCUT2D eigenvalue weighted by molar-refractivity contribution is 0.181. The monoisotopic (exact) mass is 505 g/mol. The summed E-state index contributed by atoms with van der Waals surface area (Å²) in [5.74, 6) is 0.835. The van der Waals surface area contributed by atoms with Crippen LogP contribution in [0.4, 0.5) is 0 Å². The molecule has 0 aliphatic carbocycles. The van der Waals surface area contributed by atoms with Crippen molar-refractivity contribution in [3.05, 3.63) is 69.6 Å². The summed E-state index contributed by atoms with van der Waals surface area (Å²) < 4.78 is 4.26. The van der Waals surface area contributed by atoms with Crippen LogP contribution in [0, 0.1) is 0 Å². The Labute approximate surface area is 178 Å². The summed E-state index contributed by atoms with van der Waals surface area (Å²) in [6.45, 7) is 0.522. The van der Waals surface area contributed by atoms with Gasteiger partial charge in [0.1, 0.15) is 5.75 Å². The molecule has 0 radical (unpaired) electrons. The molecule has 27 heavy (non-hydrogen) atoms. The smallest absolute Gasteiger partial charge is 0.115 e. The highest BCUT2D eigenvalue weighted by atomic mass is 79.9. The van der Waals surface area contributed by atoms with Crippen LogP contribution in [0.5, 0.6) is 5.75 Å². The predicted molar refractivity (Wildman–Crippen MR) is 120 cm³/mol. The molecule has 2 N–H and O–H groups in total. The average molecular weight is 507 g/mol. The highest BCUT2D eigenvalue weighted by Crippen LogP contribution is 2.33. The first-order chi connectivity index (χ1) is 13.0. The molecular weight excluding hydrogens is 490 g/mol. The van der Waals surface area contributed by atoms with Gasteiger partial charge in [0.25, 0.3) is 0 Å². The number of aromatic hydroxyl groups is 1. The molecule has 3 nitrogen and oxygen atoms in total. The molecule has 0 saturated heterocycles. The molecule has 4 aromatic rings. The van der Waals surface area contributed by atoms with Crippen molar-refractivity contribution in [1.82, 2.24) is 4.57 Å². The van der Waals surface area contributed by atoms with Crippen molar-refractivity contribution in [2.75, 3.05) is 5.75 Å². The first-order valence-electron chi connectivity index (χ1n) is 8.48. The minimum Gasteiger partial charge on any atom is -0.508 e. The van der Waals surface area contributed by atoms with E-state index in [1.54, 1.807) is 23.9 Å². The lowest BCUT2D eigenvalue weighted by Gasteiger charge is -2.14. The number of aliphatic hydroxyl groups is 1. The molecule has 4 rings (SSSR count). The van der Waals surface area contributed by atoms with Crippen molar-refractivity contribution in [1.29, 1.82) is 0 Å². The average Bonchev–Trinajstić information content (AvgIpc) is 2.94. The van der Waals surface area contributed by atoms with Gasteiger partial charge in [-0.2, -0.15) is 0 Å². The number of rotatable bonds is 5. The maximum absolute atomic E-state index is 10.7. The van der Waals surface area contributed by atoms with E-state index in [4.69, 9.17) is 0 Å². The number of phenolic OH excluding ortho intramolecular Hbond substituents is 1. The second kappa shape index (κ2) is 7.87. The maximum atomic E-state index is 10.7. The fourth-order valence-electron chi connectivity index (χ4n) is 3.24. The Bertz CT molecular complexity index is 1050. The number of aliphatic hydroxyl groups excluding tert-OH is 1. The third-order valence-corrected chi connectivity index (χ3v) is 6.60. The Morgan fingerprint density at radius 2 is 1.41 bits per heavy atom. The molecule has 1 atom stereocenters. The zero-order valence-electron chi connectivity index (χ0n) is 14.3. The van der Waals surface area contributed by atoms with Crippen LogP contribution in [0.3, 0.4) is 0 Å². The number of hydrogen-bond donors (Lipinski definition) is 2. The number of nitrogens with zero attached hydrogens (tertiary/aromatic N) is 1. The second-order valence-electron chi connectivity index (χ2n) is 6.39. The summed E-state index contributed by atoms with van der Waals surface area (Å²) in [5.41, 5.74) is 2.22. The number of aromatic nitrogens is 1. The van der Waals surface area contributed by atoms with Crippen molar-refractivity contribution >= 4 is 65.4 Å². The fraction of sp³-hybridized carbons (Fsp3) is 0.143. The van der Waals surface area contributed by atoms with Gasteiger partial charge in [0.05, 0.1) is 6.10 Å². The zero-order valence-corrected chi connectivity index (χ0v) is 18.3. The highest BCUT2D eigenvalue weighted by Gasteiger charge is 2.15. The molecule has 0 aliphatic heterocycles. The number of hydrogen-bond acceptors (Lipinski definition) is 3. The quantitative estimate of drug-likeness (QED) is 0.318. The van der Waals surface area contributed by atoms with Gasteiger partial charge < -0.3 is 14.8 Å². The molecule has 0 spiro atoms. The van der Waals surface area contributed by atoms with E-state index in [-0.39, 0.29) is 5.75 Å². The summed E-state index contributed by atoms with van der Waals surface area (Å²) >= 11 is 8.71. The van der Waals surface area contributed by atoms with Gasteiger partial charge in [0, 0.05) is 47.9 Å². The lowest BCUT2D eigenvalue weighted by Crippen LogP contribution is -2.18. The molecule has 3 aromatic carbocycles. The Kier molecular flexibility index (Phi) is 5.50. The van der Waals surface area contributed by atoms with E-state index in [9.17, 15) is 10.2 Å². The molecular formula is C21H17Br2NO2S. The summed E-state index contributed by atoms with van der Waals surface area (Å²) in [7, 11) is 0. The largest absolute Gasteiger partial charge is 0.508 e. The van der Waals surface area contributed by atoms with Crippen LogP contribution in [-0.2, 0) is 6.54 Å². The van der Waals surface area contributed by atoms with Gasteiger partial charge in [-0.25, -0.2) is 0 Å². The van der Waals surface area contributed by atoms with Gasteiger partial charge in [-0.3, -0.25) is 0 Å². The van der Waals surface area contributed by atoms with Crippen LogP contribution in [0.15, 0.2) is 74.5 Å². The Morgan fingerprint density at radius 3 is 1.96 bits per heavy atom. The highest BCUT2D eigenvalue weighted by molar-refractivity contribution is 9.10. The molecule has 138 valence electrons. The molecule has 0 bridgehead atoms. The van der Waals surface area contributed by atoms with Crippen LogP contribution in [0.25, 0.3) is 21.8 Å². The molecule has 0 fully saturated rings. The van der Waals surface area contributed by atoms with E-state index >= 15 is 0 Å². The molecule has 0 aliphatic rings. The summed E-state index contributed by atoms with van der Waals surface area (Å²) in [5, 5.41) is 22.4. The first-order valence-corrected chi connectivity index (χ1v) is 11.1. The number of thioether (sulfide) groups is 1. The normalized spacial score (nSPS) is 12.7. The minimum absolute atomic E-state index is 0.252. The van der Waals surface area contributed by atoms with Crippen molar-refractivity contribution < 1.29 is 10.2 Å². The number of benzene rings is 3. The van der Waals surface area contributed by atoms with Gasteiger partial charge in [-0.15, -0.1) is 11.8 Å².